The van der Waals surface area contributed by atoms with E-state index in [2.05, 4.69) is 91.2 Å². The molecule has 1 aliphatic heterocycles. The summed E-state index contributed by atoms with van der Waals surface area (Å²) in [5.41, 5.74) is 5.31. The zero-order valence-electron chi connectivity index (χ0n) is 23.1. The average Bonchev–Trinajstić information content (AvgIpc) is 3.27. The fourth-order valence-corrected chi connectivity index (χ4v) is 7.86. The minimum absolute atomic E-state index is 0.164. The van der Waals surface area contributed by atoms with Gasteiger partial charge in [-0.3, -0.25) is 9.69 Å². The molecule has 2 unspecified atom stereocenters. The second-order valence-corrected chi connectivity index (χ2v) is 12.3. The molecule has 2 heterocycles. The molecule has 3 aliphatic rings. The van der Waals surface area contributed by atoms with Crippen molar-refractivity contribution in [3.05, 3.63) is 107 Å². The number of carbonyl (C=O) groups is 1. The summed E-state index contributed by atoms with van der Waals surface area (Å²) in [7, 11) is 0. The molecule has 1 saturated carbocycles. The van der Waals surface area contributed by atoms with E-state index in [0.29, 0.717) is 0 Å². The topological polar surface area (TPSA) is 49.3 Å². The molecule has 2 fully saturated rings. The summed E-state index contributed by atoms with van der Waals surface area (Å²) in [6.45, 7) is 9.99. The minimum Gasteiger partial charge on any atom is -0.339 e. The van der Waals surface area contributed by atoms with Crippen molar-refractivity contribution in [3.63, 3.8) is 0 Å². The summed E-state index contributed by atoms with van der Waals surface area (Å²) < 4.78 is 0. The molecule has 0 radical (unpaired) electrons. The van der Waals surface area contributed by atoms with Gasteiger partial charge in [0.25, 0.3) is 0 Å². The molecule has 4 aromatic rings. The first kappa shape index (κ1) is 24.5. The highest BCUT2D eigenvalue weighted by atomic mass is 16.2. The molecule has 5 nitrogen and oxygen atoms in total. The molecule has 2 aliphatic carbocycles. The van der Waals surface area contributed by atoms with Gasteiger partial charge in [-0.25, -0.2) is 9.97 Å². The van der Waals surface area contributed by atoms with E-state index in [0.717, 1.165) is 61.4 Å². The number of benzene rings is 3. The summed E-state index contributed by atoms with van der Waals surface area (Å²) in [6.07, 6.45) is 1.81. The van der Waals surface area contributed by atoms with Crippen molar-refractivity contribution in [2.24, 2.45) is 5.41 Å². The van der Waals surface area contributed by atoms with Crippen molar-refractivity contribution in [2.45, 2.75) is 50.5 Å². The Morgan fingerprint density at radius 2 is 1.21 bits per heavy atom. The van der Waals surface area contributed by atoms with Crippen molar-refractivity contribution in [1.29, 1.82) is 0 Å². The van der Waals surface area contributed by atoms with Crippen molar-refractivity contribution in [3.8, 4) is 0 Å². The Labute approximate surface area is 230 Å². The lowest BCUT2D eigenvalue weighted by Gasteiger charge is -2.45. The quantitative estimate of drug-likeness (QED) is 0.339. The van der Waals surface area contributed by atoms with Crippen LogP contribution in [-0.4, -0.2) is 51.9 Å². The van der Waals surface area contributed by atoms with Gasteiger partial charge in [0.05, 0.1) is 33.9 Å². The van der Waals surface area contributed by atoms with E-state index in [1.807, 2.05) is 24.3 Å². The Bertz CT molecular complexity index is 1500. The van der Waals surface area contributed by atoms with E-state index >= 15 is 0 Å². The first-order chi connectivity index (χ1) is 18.9. The van der Waals surface area contributed by atoms with E-state index in [1.165, 1.54) is 11.1 Å². The number of rotatable bonds is 4. The van der Waals surface area contributed by atoms with E-state index in [9.17, 15) is 4.79 Å². The van der Waals surface area contributed by atoms with Gasteiger partial charge in [0.1, 0.15) is 0 Å². The van der Waals surface area contributed by atoms with Crippen molar-refractivity contribution in [1.82, 2.24) is 19.8 Å². The van der Waals surface area contributed by atoms with Crippen LogP contribution < -0.4 is 0 Å². The van der Waals surface area contributed by atoms with Crippen LogP contribution in [0.25, 0.3) is 11.0 Å². The van der Waals surface area contributed by atoms with E-state index < -0.39 is 5.41 Å². The van der Waals surface area contributed by atoms with Gasteiger partial charge < -0.3 is 4.90 Å². The average molecular weight is 517 g/mol. The first-order valence-corrected chi connectivity index (χ1v) is 14.3. The summed E-state index contributed by atoms with van der Waals surface area (Å²) in [5.74, 6) is 0.246. The minimum atomic E-state index is -0.630. The van der Waals surface area contributed by atoms with Crippen LogP contribution in [0, 0.1) is 5.41 Å². The number of carbonyl (C=O) groups excluding carboxylic acids is 1. The van der Waals surface area contributed by atoms with Crippen LogP contribution in [0.3, 0.4) is 0 Å². The molecule has 198 valence electrons. The fourth-order valence-electron chi connectivity index (χ4n) is 7.86. The Balaban J connectivity index is 1.21. The van der Waals surface area contributed by atoms with Gasteiger partial charge in [0, 0.05) is 31.6 Å². The lowest BCUT2D eigenvalue weighted by molar-refractivity contribution is -0.143. The lowest BCUT2D eigenvalue weighted by Crippen LogP contribution is -2.57. The largest absolute Gasteiger partial charge is 0.339 e. The molecule has 1 aromatic heterocycles. The number of hydrogen-bond acceptors (Lipinski definition) is 4. The third-order valence-electron chi connectivity index (χ3n) is 10.5. The number of amides is 1. The predicted molar refractivity (Wildman–Crippen MR) is 154 cm³/mol. The van der Waals surface area contributed by atoms with Crippen molar-refractivity contribution >= 4 is 16.9 Å². The third kappa shape index (κ3) is 3.32. The fraction of sp³-hybridized carbons (Fsp3) is 0.382. The van der Waals surface area contributed by atoms with Crippen LogP contribution in [0.4, 0.5) is 0 Å². The van der Waals surface area contributed by atoms with Crippen molar-refractivity contribution < 1.29 is 4.79 Å². The zero-order valence-corrected chi connectivity index (χ0v) is 23.1. The van der Waals surface area contributed by atoms with Crippen LogP contribution in [0.15, 0.2) is 84.9 Å². The maximum absolute atomic E-state index is 14.7. The molecule has 39 heavy (non-hydrogen) atoms. The number of para-hydroxylation sites is 2. The monoisotopic (exact) mass is 516 g/mol. The zero-order chi connectivity index (χ0) is 26.8. The van der Waals surface area contributed by atoms with Crippen LogP contribution >= 0.6 is 0 Å². The molecule has 5 heteroatoms. The molecule has 1 saturated heterocycles. The molecule has 2 bridgehead atoms. The van der Waals surface area contributed by atoms with E-state index in [-0.39, 0.29) is 22.8 Å². The van der Waals surface area contributed by atoms with E-state index in [4.69, 9.17) is 9.97 Å². The van der Waals surface area contributed by atoms with Crippen LogP contribution in [0.2, 0.25) is 0 Å². The third-order valence-corrected chi connectivity index (χ3v) is 10.5. The highest BCUT2D eigenvalue weighted by Crippen LogP contribution is 2.70. The van der Waals surface area contributed by atoms with Gasteiger partial charge >= 0.3 is 0 Å². The van der Waals surface area contributed by atoms with Gasteiger partial charge in [-0.05, 0) is 41.5 Å². The molecule has 0 spiro atoms. The molecule has 2 atom stereocenters. The van der Waals surface area contributed by atoms with Crippen LogP contribution in [-0.2, 0) is 15.6 Å². The Morgan fingerprint density at radius 3 is 1.77 bits per heavy atom. The Morgan fingerprint density at radius 1 is 0.692 bits per heavy atom. The molecule has 7 rings (SSSR count). The van der Waals surface area contributed by atoms with Crippen LogP contribution in [0.5, 0.6) is 0 Å². The second kappa shape index (κ2) is 8.72. The Kier molecular flexibility index (Phi) is 5.47. The number of piperazine rings is 1. The SMILES string of the molecule is CC12CCC(C(=O)N3CCN(C(c4ccccc4)c4ccccc4)CC3)(c3nc4ccccc4nc31)C2(C)C. The van der Waals surface area contributed by atoms with Crippen LogP contribution in [0.1, 0.15) is 62.2 Å². The maximum atomic E-state index is 14.7. The molecule has 3 aromatic carbocycles. The Hall–Kier alpha value is -3.57. The molecule has 1 amide bonds. The number of hydrogen-bond donors (Lipinski definition) is 0. The van der Waals surface area contributed by atoms with Gasteiger partial charge in [0.2, 0.25) is 5.91 Å². The number of nitrogens with zero attached hydrogens (tertiary/aromatic N) is 4. The maximum Gasteiger partial charge on any atom is 0.235 e. The summed E-state index contributed by atoms with van der Waals surface area (Å²) in [6, 6.07) is 29.7. The smallest absolute Gasteiger partial charge is 0.235 e. The molecule has 0 N–H and O–H groups in total. The van der Waals surface area contributed by atoms with E-state index in [1.54, 1.807) is 0 Å². The normalized spacial score (nSPS) is 25.8. The summed E-state index contributed by atoms with van der Waals surface area (Å²) >= 11 is 0. The molecular weight excluding hydrogens is 480 g/mol. The summed E-state index contributed by atoms with van der Waals surface area (Å²) in [5, 5.41) is 0. The number of aromatic nitrogens is 2. The number of fused-ring (bicyclic) bond motifs is 6. The first-order valence-electron chi connectivity index (χ1n) is 14.3. The predicted octanol–water partition coefficient (Wildman–Crippen LogP) is 5.89. The summed E-state index contributed by atoms with van der Waals surface area (Å²) in [4.78, 5) is 29.7. The van der Waals surface area contributed by atoms with Gasteiger partial charge in [-0.15, -0.1) is 0 Å². The lowest BCUT2D eigenvalue weighted by atomic mass is 9.63. The standard InChI is InChI=1S/C34H36N4O/c1-32(2)33(3)18-19-34(32,30-29(33)35-26-16-10-11-17-27(26)36-30)31(39)38-22-20-37(21-23-38)28(24-12-6-4-7-13-24)25-14-8-5-9-15-25/h4-17,28H,18-23H2,1-3H3. The second-order valence-electron chi connectivity index (χ2n) is 12.3. The highest BCUT2D eigenvalue weighted by molar-refractivity contribution is 5.93. The van der Waals surface area contributed by atoms with Gasteiger partial charge in [-0.2, -0.15) is 0 Å². The molecular formula is C34H36N4O. The van der Waals surface area contributed by atoms with Crippen molar-refractivity contribution in [2.75, 3.05) is 26.2 Å². The van der Waals surface area contributed by atoms with Gasteiger partial charge in [-0.1, -0.05) is 93.6 Å². The van der Waals surface area contributed by atoms with Gasteiger partial charge in [0.15, 0.2) is 0 Å². The highest BCUT2D eigenvalue weighted by Gasteiger charge is 2.73.